The molecule has 0 heterocycles. The minimum Gasteiger partial charge on any atom is -0.313 e. The summed E-state index contributed by atoms with van der Waals surface area (Å²) in [4.78, 5) is 2.54. The summed E-state index contributed by atoms with van der Waals surface area (Å²) in [7, 11) is 2.02. The van der Waals surface area contributed by atoms with Gasteiger partial charge < -0.3 is 10.2 Å². The lowest BCUT2D eigenvalue weighted by Gasteiger charge is -2.26. The number of nitrogens with zero attached hydrogens (tertiary/aromatic N) is 1. The Morgan fingerprint density at radius 1 is 1.30 bits per heavy atom. The normalized spacial score (nSPS) is 14.5. The number of hydrogen-bond donors (Lipinski definition) is 1. The summed E-state index contributed by atoms with van der Waals surface area (Å²) >= 11 is 6.09. The first-order valence-electron chi connectivity index (χ1n) is 7.75. The highest BCUT2D eigenvalue weighted by Gasteiger charge is 2.13. The molecular formula is C17H29ClN2. The van der Waals surface area contributed by atoms with Crippen molar-refractivity contribution in [1.29, 1.82) is 0 Å². The predicted octanol–water partition coefficient (Wildman–Crippen LogP) is 4.36. The van der Waals surface area contributed by atoms with Crippen LogP contribution in [0.25, 0.3) is 0 Å². The first kappa shape index (κ1) is 17.5. The lowest BCUT2D eigenvalue weighted by molar-refractivity contribution is 0.234. The number of halogens is 1. The van der Waals surface area contributed by atoms with Crippen LogP contribution in [0.5, 0.6) is 0 Å². The van der Waals surface area contributed by atoms with Crippen LogP contribution in [0.1, 0.15) is 45.2 Å². The SMILES string of the molecule is CCC(C)CN(CC)CCC(NC)c1cccc(Cl)c1. The second-order valence-corrected chi connectivity index (χ2v) is 6.03. The molecule has 2 atom stereocenters. The molecule has 114 valence electrons. The third kappa shape index (κ3) is 5.82. The molecule has 0 saturated carbocycles. The van der Waals surface area contributed by atoms with Crippen LogP contribution in [0.4, 0.5) is 0 Å². The van der Waals surface area contributed by atoms with Gasteiger partial charge in [-0.15, -0.1) is 0 Å². The van der Waals surface area contributed by atoms with Gasteiger partial charge in [0.25, 0.3) is 0 Å². The third-order valence-corrected chi connectivity index (χ3v) is 4.28. The van der Waals surface area contributed by atoms with E-state index in [-0.39, 0.29) is 0 Å². The van der Waals surface area contributed by atoms with Crippen molar-refractivity contribution in [3.8, 4) is 0 Å². The van der Waals surface area contributed by atoms with Crippen molar-refractivity contribution in [2.45, 2.75) is 39.7 Å². The molecule has 0 aromatic heterocycles. The molecule has 20 heavy (non-hydrogen) atoms. The zero-order valence-electron chi connectivity index (χ0n) is 13.3. The first-order chi connectivity index (χ1) is 9.60. The van der Waals surface area contributed by atoms with Gasteiger partial charge >= 0.3 is 0 Å². The Kier molecular flexibility index (Phi) is 8.20. The topological polar surface area (TPSA) is 15.3 Å². The van der Waals surface area contributed by atoms with Crippen molar-refractivity contribution >= 4 is 11.6 Å². The average Bonchev–Trinajstić information content (AvgIpc) is 2.46. The fourth-order valence-corrected chi connectivity index (χ4v) is 2.66. The molecule has 1 N–H and O–H groups in total. The van der Waals surface area contributed by atoms with E-state index in [1.54, 1.807) is 0 Å². The lowest BCUT2D eigenvalue weighted by atomic mass is 10.0. The Labute approximate surface area is 129 Å². The van der Waals surface area contributed by atoms with Gasteiger partial charge in [-0.2, -0.15) is 0 Å². The number of benzene rings is 1. The van der Waals surface area contributed by atoms with Crippen LogP contribution in [0.15, 0.2) is 24.3 Å². The first-order valence-corrected chi connectivity index (χ1v) is 8.13. The largest absolute Gasteiger partial charge is 0.313 e. The summed E-state index contributed by atoms with van der Waals surface area (Å²) in [6, 6.07) is 8.54. The summed E-state index contributed by atoms with van der Waals surface area (Å²) < 4.78 is 0. The van der Waals surface area contributed by atoms with E-state index in [2.05, 4.69) is 43.1 Å². The van der Waals surface area contributed by atoms with Gasteiger partial charge in [0.05, 0.1) is 0 Å². The van der Waals surface area contributed by atoms with Crippen LogP contribution in [0.2, 0.25) is 5.02 Å². The van der Waals surface area contributed by atoms with Crippen LogP contribution in [-0.2, 0) is 0 Å². The van der Waals surface area contributed by atoms with Gasteiger partial charge in [-0.05, 0) is 50.2 Å². The summed E-state index contributed by atoms with van der Waals surface area (Å²) in [5.74, 6) is 0.772. The van der Waals surface area contributed by atoms with Gasteiger partial charge in [-0.1, -0.05) is 50.9 Å². The molecule has 0 radical (unpaired) electrons. The molecule has 1 rings (SSSR count). The number of hydrogen-bond acceptors (Lipinski definition) is 2. The summed E-state index contributed by atoms with van der Waals surface area (Å²) in [6.45, 7) is 10.3. The lowest BCUT2D eigenvalue weighted by Crippen LogP contribution is -2.31. The van der Waals surface area contributed by atoms with Crippen molar-refractivity contribution in [2.75, 3.05) is 26.7 Å². The second-order valence-electron chi connectivity index (χ2n) is 5.59. The van der Waals surface area contributed by atoms with Crippen LogP contribution in [0, 0.1) is 5.92 Å². The van der Waals surface area contributed by atoms with Gasteiger partial charge in [-0.25, -0.2) is 0 Å². The minimum atomic E-state index is 0.375. The Morgan fingerprint density at radius 3 is 2.60 bits per heavy atom. The van der Waals surface area contributed by atoms with E-state index in [0.717, 1.165) is 30.5 Å². The van der Waals surface area contributed by atoms with Gasteiger partial charge in [0.15, 0.2) is 0 Å². The molecule has 0 aliphatic heterocycles. The molecule has 1 aromatic carbocycles. The van der Waals surface area contributed by atoms with Crippen molar-refractivity contribution in [3.05, 3.63) is 34.9 Å². The van der Waals surface area contributed by atoms with E-state index >= 15 is 0 Å². The Morgan fingerprint density at radius 2 is 2.05 bits per heavy atom. The number of rotatable bonds is 9. The Bertz CT molecular complexity index is 381. The van der Waals surface area contributed by atoms with Crippen LogP contribution in [0.3, 0.4) is 0 Å². The molecule has 0 bridgehead atoms. The van der Waals surface area contributed by atoms with Gasteiger partial charge in [0.1, 0.15) is 0 Å². The molecule has 0 fully saturated rings. The van der Waals surface area contributed by atoms with E-state index in [9.17, 15) is 0 Å². The molecule has 1 aromatic rings. The van der Waals surface area contributed by atoms with E-state index in [4.69, 9.17) is 11.6 Å². The highest BCUT2D eigenvalue weighted by molar-refractivity contribution is 6.30. The van der Waals surface area contributed by atoms with E-state index < -0.39 is 0 Å². The summed E-state index contributed by atoms with van der Waals surface area (Å²) in [5, 5.41) is 4.22. The maximum absolute atomic E-state index is 6.09. The van der Waals surface area contributed by atoms with E-state index in [1.807, 2.05) is 19.2 Å². The molecule has 0 spiro atoms. The summed E-state index contributed by atoms with van der Waals surface area (Å²) in [6.07, 6.45) is 2.36. The zero-order chi connectivity index (χ0) is 15.0. The molecule has 0 aliphatic rings. The molecule has 2 nitrogen and oxygen atoms in total. The maximum atomic E-state index is 6.09. The third-order valence-electron chi connectivity index (χ3n) is 4.05. The molecule has 3 heteroatoms. The predicted molar refractivity (Wildman–Crippen MR) is 89.4 cm³/mol. The molecule has 0 aliphatic carbocycles. The van der Waals surface area contributed by atoms with Crippen LogP contribution < -0.4 is 5.32 Å². The van der Waals surface area contributed by atoms with Crippen LogP contribution in [-0.4, -0.2) is 31.6 Å². The molecule has 0 amide bonds. The van der Waals surface area contributed by atoms with Gasteiger partial charge in [0, 0.05) is 17.6 Å². The Balaban J connectivity index is 2.55. The van der Waals surface area contributed by atoms with Gasteiger partial charge in [-0.3, -0.25) is 0 Å². The molecule has 2 unspecified atom stereocenters. The zero-order valence-corrected chi connectivity index (χ0v) is 14.1. The van der Waals surface area contributed by atoms with Gasteiger partial charge in [0.2, 0.25) is 0 Å². The minimum absolute atomic E-state index is 0.375. The molecule has 0 saturated heterocycles. The van der Waals surface area contributed by atoms with Crippen molar-refractivity contribution in [2.24, 2.45) is 5.92 Å². The monoisotopic (exact) mass is 296 g/mol. The highest BCUT2D eigenvalue weighted by atomic mass is 35.5. The Hall–Kier alpha value is -0.570. The van der Waals surface area contributed by atoms with Crippen molar-refractivity contribution < 1.29 is 0 Å². The molecular weight excluding hydrogens is 268 g/mol. The second kappa shape index (κ2) is 9.38. The van der Waals surface area contributed by atoms with Crippen molar-refractivity contribution in [1.82, 2.24) is 10.2 Å². The standard InChI is InChI=1S/C17H29ClN2/c1-5-14(3)13-20(6-2)11-10-17(19-4)15-8-7-9-16(18)12-15/h7-9,12,14,17,19H,5-6,10-11,13H2,1-4H3. The fourth-order valence-electron chi connectivity index (χ4n) is 2.46. The van der Waals surface area contributed by atoms with Crippen LogP contribution >= 0.6 is 11.6 Å². The van der Waals surface area contributed by atoms with E-state index in [1.165, 1.54) is 18.5 Å². The highest BCUT2D eigenvalue weighted by Crippen LogP contribution is 2.20. The van der Waals surface area contributed by atoms with E-state index in [0.29, 0.717) is 6.04 Å². The fraction of sp³-hybridized carbons (Fsp3) is 0.647. The summed E-state index contributed by atoms with van der Waals surface area (Å²) in [5.41, 5.74) is 1.28. The average molecular weight is 297 g/mol. The quantitative estimate of drug-likeness (QED) is 0.728. The maximum Gasteiger partial charge on any atom is 0.0409 e. The number of nitrogens with one attached hydrogen (secondary N) is 1. The van der Waals surface area contributed by atoms with Crippen molar-refractivity contribution in [3.63, 3.8) is 0 Å². The smallest absolute Gasteiger partial charge is 0.0409 e.